The minimum Gasteiger partial charge on any atom is -0.488 e. The second kappa shape index (κ2) is 8.97. The zero-order chi connectivity index (χ0) is 20.1. The van der Waals surface area contributed by atoms with Gasteiger partial charge in [-0.15, -0.1) is 0 Å². The van der Waals surface area contributed by atoms with Crippen molar-refractivity contribution in [1.82, 2.24) is 14.6 Å². The molecule has 0 aliphatic carbocycles. The zero-order valence-electron chi connectivity index (χ0n) is 15.4. The smallest absolute Gasteiger partial charge is 0.268 e. The molecule has 1 aromatic carbocycles. The normalized spacial score (nSPS) is 16.5. The fraction of sp³-hybridized carbons (Fsp3) is 0.389. The van der Waals surface area contributed by atoms with Gasteiger partial charge in [-0.05, 0) is 25.1 Å². The lowest BCUT2D eigenvalue weighted by molar-refractivity contribution is 0.0921. The number of nitrogens with zero attached hydrogens (tertiary/aromatic N) is 1. The third kappa shape index (κ3) is 4.86. The van der Waals surface area contributed by atoms with Crippen LogP contribution >= 0.6 is 11.8 Å². The molecule has 0 spiro atoms. The van der Waals surface area contributed by atoms with E-state index in [1.165, 1.54) is 28.7 Å². The van der Waals surface area contributed by atoms with Crippen LogP contribution < -0.4 is 10.1 Å². The van der Waals surface area contributed by atoms with Gasteiger partial charge in [0.05, 0.1) is 6.04 Å². The van der Waals surface area contributed by atoms with Crippen molar-refractivity contribution in [2.75, 3.05) is 31.2 Å². The van der Waals surface area contributed by atoms with Gasteiger partial charge in [-0.2, -0.15) is 16.1 Å². The number of aromatic nitrogens is 1. The number of carbonyl (C=O) groups is 1. The maximum absolute atomic E-state index is 13.6. The Kier molecular flexibility index (Phi) is 6.63. The molecule has 152 valence electrons. The van der Waals surface area contributed by atoms with E-state index in [0.29, 0.717) is 13.1 Å². The average molecular weight is 428 g/mol. The van der Waals surface area contributed by atoms with Crippen molar-refractivity contribution in [2.45, 2.75) is 17.9 Å². The standard InChI is InChI=1S/C18H22FN3O4S2/c1-13(12-26-17-5-3-2-4-15(17)19)21-18(23)16-10-14(11-20-16)28(24,25)22-6-8-27-9-7-22/h2-5,10-11,13,20H,6-9,12H2,1H3,(H,21,23). The van der Waals surface area contributed by atoms with Crippen molar-refractivity contribution in [3.05, 3.63) is 48.0 Å². The first-order valence-corrected chi connectivity index (χ1v) is 11.4. The van der Waals surface area contributed by atoms with E-state index in [9.17, 15) is 17.6 Å². The number of halogens is 1. The van der Waals surface area contributed by atoms with Crippen LogP contribution in [0, 0.1) is 5.82 Å². The van der Waals surface area contributed by atoms with E-state index < -0.39 is 27.8 Å². The molecule has 1 aromatic heterocycles. The number of benzene rings is 1. The van der Waals surface area contributed by atoms with Crippen molar-refractivity contribution in [2.24, 2.45) is 0 Å². The molecule has 1 aliphatic heterocycles. The number of thioether (sulfide) groups is 1. The number of carbonyl (C=O) groups excluding carboxylic acids is 1. The molecule has 1 saturated heterocycles. The Balaban J connectivity index is 1.58. The highest BCUT2D eigenvalue weighted by molar-refractivity contribution is 7.99. The number of hydrogen-bond donors (Lipinski definition) is 2. The number of H-pyrrole nitrogens is 1. The van der Waals surface area contributed by atoms with Crippen molar-refractivity contribution in [1.29, 1.82) is 0 Å². The maximum atomic E-state index is 13.6. The number of aromatic amines is 1. The predicted molar refractivity (Wildman–Crippen MR) is 106 cm³/mol. The quantitative estimate of drug-likeness (QED) is 0.706. The van der Waals surface area contributed by atoms with Crippen LogP contribution in [0.15, 0.2) is 41.4 Å². The van der Waals surface area contributed by atoms with Gasteiger partial charge in [0.25, 0.3) is 5.91 Å². The Labute approximate surface area is 167 Å². The molecule has 1 aliphatic rings. The van der Waals surface area contributed by atoms with Crippen molar-refractivity contribution in [3.63, 3.8) is 0 Å². The summed E-state index contributed by atoms with van der Waals surface area (Å²) in [6.07, 6.45) is 1.33. The third-order valence-corrected chi connectivity index (χ3v) is 7.03. The molecule has 0 bridgehead atoms. The van der Waals surface area contributed by atoms with Gasteiger partial charge in [-0.25, -0.2) is 12.8 Å². The number of ether oxygens (including phenoxy) is 1. The Morgan fingerprint density at radius 1 is 1.36 bits per heavy atom. The van der Waals surface area contributed by atoms with E-state index in [1.807, 2.05) is 0 Å². The Morgan fingerprint density at radius 2 is 2.07 bits per heavy atom. The van der Waals surface area contributed by atoms with Crippen LogP contribution in [0.5, 0.6) is 5.75 Å². The summed E-state index contributed by atoms with van der Waals surface area (Å²) >= 11 is 1.72. The van der Waals surface area contributed by atoms with E-state index in [-0.39, 0.29) is 22.9 Å². The summed E-state index contributed by atoms with van der Waals surface area (Å²) in [6.45, 7) is 2.71. The summed E-state index contributed by atoms with van der Waals surface area (Å²) in [4.78, 5) is 15.2. The maximum Gasteiger partial charge on any atom is 0.268 e. The molecule has 3 rings (SSSR count). The van der Waals surface area contributed by atoms with Crippen LogP contribution in [0.1, 0.15) is 17.4 Å². The third-order valence-electron chi connectivity index (χ3n) is 4.21. The number of amides is 1. The van der Waals surface area contributed by atoms with Crippen LogP contribution in [0.3, 0.4) is 0 Å². The van der Waals surface area contributed by atoms with Crippen molar-refractivity contribution < 1.29 is 22.3 Å². The molecule has 0 radical (unpaired) electrons. The van der Waals surface area contributed by atoms with Gasteiger partial charge in [0.15, 0.2) is 11.6 Å². The van der Waals surface area contributed by atoms with E-state index in [2.05, 4.69) is 10.3 Å². The molecule has 1 unspecified atom stereocenters. The van der Waals surface area contributed by atoms with Gasteiger partial charge in [0, 0.05) is 30.8 Å². The monoisotopic (exact) mass is 427 g/mol. The molecular formula is C18H22FN3O4S2. The van der Waals surface area contributed by atoms with Crippen LogP contribution in [-0.2, 0) is 10.0 Å². The minimum absolute atomic E-state index is 0.0693. The van der Waals surface area contributed by atoms with E-state index in [1.54, 1.807) is 30.8 Å². The summed E-state index contributed by atoms with van der Waals surface area (Å²) < 4.78 is 45.6. The topological polar surface area (TPSA) is 91.5 Å². The molecule has 0 saturated carbocycles. The summed E-state index contributed by atoms with van der Waals surface area (Å²) in [5.74, 6) is 0.695. The van der Waals surface area contributed by atoms with Gasteiger partial charge in [-0.3, -0.25) is 4.79 Å². The van der Waals surface area contributed by atoms with Crippen LogP contribution in [0.4, 0.5) is 4.39 Å². The molecule has 2 aromatic rings. The summed E-state index contributed by atoms with van der Waals surface area (Å²) in [6, 6.07) is 6.94. The number of hydrogen-bond acceptors (Lipinski definition) is 5. The number of rotatable bonds is 7. The number of para-hydroxylation sites is 1. The minimum atomic E-state index is -3.61. The second-order valence-electron chi connectivity index (χ2n) is 6.38. The fourth-order valence-corrected chi connectivity index (χ4v) is 5.28. The Hall–Kier alpha value is -2.04. The van der Waals surface area contributed by atoms with Gasteiger partial charge in [0.2, 0.25) is 10.0 Å². The first kappa shape index (κ1) is 20.7. The molecule has 1 atom stereocenters. The first-order chi connectivity index (χ1) is 13.4. The first-order valence-electron chi connectivity index (χ1n) is 8.82. The second-order valence-corrected chi connectivity index (χ2v) is 9.54. The van der Waals surface area contributed by atoms with Crippen LogP contribution in [-0.4, -0.2) is 60.9 Å². The molecule has 2 heterocycles. The molecule has 10 heteroatoms. The molecule has 1 amide bonds. The lowest BCUT2D eigenvalue weighted by atomic mass is 10.3. The molecule has 7 nitrogen and oxygen atoms in total. The number of nitrogens with one attached hydrogen (secondary N) is 2. The molecular weight excluding hydrogens is 405 g/mol. The highest BCUT2D eigenvalue weighted by Gasteiger charge is 2.28. The Bertz CT molecular complexity index is 926. The number of sulfonamides is 1. The van der Waals surface area contributed by atoms with E-state index in [0.717, 1.165) is 11.5 Å². The van der Waals surface area contributed by atoms with Gasteiger partial charge in [-0.1, -0.05) is 12.1 Å². The highest BCUT2D eigenvalue weighted by atomic mass is 32.2. The van der Waals surface area contributed by atoms with Crippen molar-refractivity contribution >= 4 is 27.7 Å². The Morgan fingerprint density at radius 3 is 2.79 bits per heavy atom. The van der Waals surface area contributed by atoms with Gasteiger partial charge >= 0.3 is 0 Å². The van der Waals surface area contributed by atoms with E-state index in [4.69, 9.17) is 4.74 Å². The SMILES string of the molecule is CC(COc1ccccc1F)NC(=O)c1cc(S(=O)(=O)N2CCSCC2)c[nH]1. The molecule has 2 N–H and O–H groups in total. The largest absolute Gasteiger partial charge is 0.488 e. The summed E-state index contributed by atoms with van der Waals surface area (Å²) in [5, 5.41) is 2.70. The van der Waals surface area contributed by atoms with Crippen LogP contribution in [0.25, 0.3) is 0 Å². The lowest BCUT2D eigenvalue weighted by Crippen LogP contribution is -2.38. The van der Waals surface area contributed by atoms with Crippen LogP contribution in [0.2, 0.25) is 0 Å². The van der Waals surface area contributed by atoms with E-state index >= 15 is 0 Å². The van der Waals surface area contributed by atoms with Gasteiger partial charge < -0.3 is 15.0 Å². The highest BCUT2D eigenvalue weighted by Crippen LogP contribution is 2.21. The van der Waals surface area contributed by atoms with Gasteiger partial charge in [0.1, 0.15) is 17.2 Å². The zero-order valence-corrected chi connectivity index (χ0v) is 17.0. The summed E-state index contributed by atoms with van der Waals surface area (Å²) in [7, 11) is -3.61. The average Bonchev–Trinajstić information content (AvgIpc) is 3.19. The fourth-order valence-electron chi connectivity index (χ4n) is 2.71. The molecule has 28 heavy (non-hydrogen) atoms. The lowest BCUT2D eigenvalue weighted by Gasteiger charge is -2.24. The predicted octanol–water partition coefficient (Wildman–Crippen LogP) is 2.09. The van der Waals surface area contributed by atoms with Crippen molar-refractivity contribution in [3.8, 4) is 5.75 Å². The molecule has 1 fully saturated rings. The summed E-state index contributed by atoms with van der Waals surface area (Å²) in [5.41, 5.74) is 0.141.